The monoisotopic (exact) mass is 412 g/mol. The van der Waals surface area contributed by atoms with E-state index in [9.17, 15) is 18.3 Å². The van der Waals surface area contributed by atoms with Gasteiger partial charge in [0.2, 0.25) is 10.0 Å². The first-order valence-electron chi connectivity index (χ1n) is 10.0. The summed E-state index contributed by atoms with van der Waals surface area (Å²) in [5.74, 6) is -1.47. The van der Waals surface area contributed by atoms with Gasteiger partial charge >= 0.3 is 5.97 Å². The Balaban J connectivity index is 1.71. The van der Waals surface area contributed by atoms with E-state index in [0.717, 1.165) is 16.8 Å². The molecule has 2 N–H and O–H groups in total. The summed E-state index contributed by atoms with van der Waals surface area (Å²) in [7, 11) is -3.78. The Morgan fingerprint density at radius 3 is 2.59 bits per heavy atom. The molecule has 6 nitrogen and oxygen atoms in total. The topological polar surface area (TPSA) is 86.7 Å². The molecule has 29 heavy (non-hydrogen) atoms. The highest BCUT2D eigenvalue weighted by atomic mass is 32.2. The molecule has 0 unspecified atom stereocenters. The number of carboxylic acids is 1. The lowest BCUT2D eigenvalue weighted by atomic mass is 9.58. The molecule has 2 heterocycles. The van der Waals surface area contributed by atoms with Crippen molar-refractivity contribution in [3.8, 4) is 0 Å². The molecule has 5 rings (SSSR count). The molecular weight excluding hydrogens is 388 g/mol. The van der Waals surface area contributed by atoms with Gasteiger partial charge in [-0.05, 0) is 56.4 Å². The summed E-state index contributed by atoms with van der Waals surface area (Å²) >= 11 is 0. The molecule has 0 spiro atoms. The molecule has 7 heteroatoms. The summed E-state index contributed by atoms with van der Waals surface area (Å²) in [4.78, 5) is 12.6. The predicted octanol–water partition coefficient (Wildman–Crippen LogP) is 3.33. The molecule has 152 valence electrons. The predicted molar refractivity (Wildman–Crippen MR) is 109 cm³/mol. The van der Waals surface area contributed by atoms with Crippen LogP contribution in [0.4, 0.5) is 5.69 Å². The van der Waals surface area contributed by atoms with Crippen LogP contribution >= 0.6 is 0 Å². The average molecular weight is 413 g/mol. The zero-order valence-corrected chi connectivity index (χ0v) is 17.1. The SMILES string of the molecule is Cc1ccc(S(=O)(=O)N2CC[C@@]34c5ccccc5N[C@@]23CCC[C@H]4C(=O)O)cc1. The number of hydrogen-bond donors (Lipinski definition) is 2. The molecule has 0 radical (unpaired) electrons. The van der Waals surface area contributed by atoms with E-state index in [-0.39, 0.29) is 4.90 Å². The van der Waals surface area contributed by atoms with Gasteiger partial charge in [-0.3, -0.25) is 4.79 Å². The van der Waals surface area contributed by atoms with Crippen molar-refractivity contribution in [3.63, 3.8) is 0 Å². The summed E-state index contributed by atoms with van der Waals surface area (Å²) in [6.07, 6.45) is 2.32. The van der Waals surface area contributed by atoms with Crippen LogP contribution in [0.15, 0.2) is 53.4 Å². The van der Waals surface area contributed by atoms with E-state index in [1.807, 2.05) is 31.2 Å². The summed E-state index contributed by atoms with van der Waals surface area (Å²) in [6, 6.07) is 14.6. The molecule has 2 aromatic carbocycles. The number of nitrogens with one attached hydrogen (secondary N) is 1. The first-order valence-corrected chi connectivity index (χ1v) is 11.5. The van der Waals surface area contributed by atoms with Gasteiger partial charge in [0, 0.05) is 17.6 Å². The van der Waals surface area contributed by atoms with Gasteiger partial charge in [0.15, 0.2) is 0 Å². The summed E-state index contributed by atoms with van der Waals surface area (Å²) in [5, 5.41) is 13.6. The maximum absolute atomic E-state index is 13.7. The Morgan fingerprint density at radius 2 is 1.86 bits per heavy atom. The Kier molecular flexibility index (Phi) is 3.89. The number of para-hydroxylation sites is 1. The van der Waals surface area contributed by atoms with Crippen LogP contribution in [-0.2, 0) is 20.2 Å². The molecule has 3 aliphatic rings. The smallest absolute Gasteiger partial charge is 0.307 e. The zero-order chi connectivity index (χ0) is 20.4. The molecule has 1 aliphatic carbocycles. The van der Waals surface area contributed by atoms with Crippen LogP contribution in [0.1, 0.15) is 36.8 Å². The molecule has 0 bridgehead atoms. The number of benzene rings is 2. The lowest BCUT2D eigenvalue weighted by molar-refractivity contribution is -0.147. The fraction of sp³-hybridized carbons (Fsp3) is 0.409. The highest BCUT2D eigenvalue weighted by Crippen LogP contribution is 2.64. The second-order valence-electron chi connectivity index (χ2n) is 8.43. The van der Waals surface area contributed by atoms with Crippen LogP contribution in [0, 0.1) is 12.8 Å². The normalized spacial score (nSPS) is 30.9. The Morgan fingerprint density at radius 1 is 1.14 bits per heavy atom. The van der Waals surface area contributed by atoms with Crippen molar-refractivity contribution in [1.29, 1.82) is 0 Å². The van der Waals surface area contributed by atoms with E-state index < -0.39 is 33.0 Å². The van der Waals surface area contributed by atoms with Crippen molar-refractivity contribution < 1.29 is 18.3 Å². The van der Waals surface area contributed by atoms with Gasteiger partial charge in [0.1, 0.15) is 5.66 Å². The third-order valence-electron chi connectivity index (χ3n) is 7.16. The minimum absolute atomic E-state index is 0.253. The first-order chi connectivity index (χ1) is 13.8. The second-order valence-corrected chi connectivity index (χ2v) is 10.3. The fourth-order valence-electron chi connectivity index (χ4n) is 6.00. The van der Waals surface area contributed by atoms with E-state index >= 15 is 0 Å². The molecule has 0 amide bonds. The average Bonchev–Trinajstić information content (AvgIpc) is 3.18. The van der Waals surface area contributed by atoms with E-state index in [4.69, 9.17) is 0 Å². The highest BCUT2D eigenvalue weighted by Gasteiger charge is 2.72. The van der Waals surface area contributed by atoms with E-state index in [1.165, 1.54) is 0 Å². The Labute approximate surface area is 170 Å². The number of aryl methyl sites for hydroxylation is 1. The molecule has 0 aromatic heterocycles. The highest BCUT2D eigenvalue weighted by molar-refractivity contribution is 7.89. The van der Waals surface area contributed by atoms with Gasteiger partial charge in [0.05, 0.1) is 10.8 Å². The van der Waals surface area contributed by atoms with Crippen molar-refractivity contribution in [2.45, 2.75) is 48.6 Å². The van der Waals surface area contributed by atoms with E-state index in [0.29, 0.717) is 32.2 Å². The van der Waals surface area contributed by atoms with E-state index in [1.54, 1.807) is 28.6 Å². The molecule has 1 saturated heterocycles. The van der Waals surface area contributed by atoms with E-state index in [2.05, 4.69) is 5.32 Å². The lowest BCUT2D eigenvalue weighted by Gasteiger charge is -2.50. The molecule has 3 atom stereocenters. The van der Waals surface area contributed by atoms with Crippen molar-refractivity contribution in [1.82, 2.24) is 4.31 Å². The minimum Gasteiger partial charge on any atom is -0.481 e. The van der Waals surface area contributed by atoms with Gasteiger partial charge in [-0.2, -0.15) is 4.31 Å². The third-order valence-corrected chi connectivity index (χ3v) is 9.10. The molecular formula is C22H24N2O4S. The standard InChI is InChI=1S/C22H24N2O4S/c1-15-8-10-16(11-9-15)29(27,28)24-14-13-21-17-5-2-3-7-19(17)23-22(21,24)12-4-6-18(21)20(25)26/h2-3,5,7-11,18,23H,4,6,12-14H2,1H3,(H,25,26)/t18-,21-,22-/m0/s1. The van der Waals surface area contributed by atoms with Crippen LogP contribution < -0.4 is 5.32 Å². The van der Waals surface area contributed by atoms with Crippen LogP contribution in [-0.4, -0.2) is 36.0 Å². The molecule has 2 aliphatic heterocycles. The molecule has 2 aromatic rings. The first kappa shape index (κ1) is 18.6. The Bertz CT molecular complexity index is 1100. The summed E-state index contributed by atoms with van der Waals surface area (Å²) < 4.78 is 29.0. The van der Waals surface area contributed by atoms with Crippen LogP contribution in [0.2, 0.25) is 0 Å². The van der Waals surface area contributed by atoms with Gasteiger partial charge in [-0.15, -0.1) is 0 Å². The third kappa shape index (κ3) is 2.25. The number of anilines is 1. The number of fused-ring (bicyclic) bond motifs is 1. The maximum Gasteiger partial charge on any atom is 0.307 e. The van der Waals surface area contributed by atoms with Crippen LogP contribution in [0.25, 0.3) is 0 Å². The number of hydrogen-bond acceptors (Lipinski definition) is 4. The fourth-order valence-corrected chi connectivity index (χ4v) is 7.78. The van der Waals surface area contributed by atoms with Gasteiger partial charge in [-0.1, -0.05) is 35.9 Å². The van der Waals surface area contributed by atoms with Gasteiger partial charge < -0.3 is 10.4 Å². The Hall–Kier alpha value is -2.38. The maximum atomic E-state index is 13.7. The summed E-state index contributed by atoms with van der Waals surface area (Å²) in [6.45, 7) is 2.23. The van der Waals surface area contributed by atoms with Crippen molar-refractivity contribution in [2.24, 2.45) is 5.92 Å². The van der Waals surface area contributed by atoms with Crippen molar-refractivity contribution >= 4 is 21.7 Å². The minimum atomic E-state index is -3.78. The molecule has 2 fully saturated rings. The van der Waals surface area contributed by atoms with Crippen molar-refractivity contribution in [3.05, 3.63) is 59.7 Å². The van der Waals surface area contributed by atoms with Crippen LogP contribution in [0.5, 0.6) is 0 Å². The van der Waals surface area contributed by atoms with Gasteiger partial charge in [0.25, 0.3) is 0 Å². The largest absolute Gasteiger partial charge is 0.481 e. The van der Waals surface area contributed by atoms with Crippen molar-refractivity contribution in [2.75, 3.05) is 11.9 Å². The number of nitrogens with zero attached hydrogens (tertiary/aromatic N) is 1. The quantitative estimate of drug-likeness (QED) is 0.808. The number of carbonyl (C=O) groups is 1. The van der Waals surface area contributed by atoms with Gasteiger partial charge in [-0.25, -0.2) is 8.42 Å². The molecule has 1 saturated carbocycles. The van der Waals surface area contributed by atoms with Crippen LogP contribution in [0.3, 0.4) is 0 Å². The lowest BCUT2D eigenvalue weighted by Crippen LogP contribution is -2.64. The summed E-state index contributed by atoms with van der Waals surface area (Å²) in [5.41, 5.74) is 1.08. The second kappa shape index (κ2) is 6.06. The number of sulfonamides is 1. The number of rotatable bonds is 3. The number of aliphatic carboxylic acids is 1. The number of carboxylic acid groups (broad SMARTS) is 1. The zero-order valence-electron chi connectivity index (χ0n) is 16.3.